The number of nitrogens with two attached hydrogens (primary N) is 1. The Bertz CT molecular complexity index is 239. The van der Waals surface area contributed by atoms with E-state index in [2.05, 4.69) is 5.32 Å². The molecule has 1 saturated carbocycles. The third kappa shape index (κ3) is 2.95. The molecule has 16 heavy (non-hydrogen) atoms. The molecule has 0 aromatic rings. The van der Waals surface area contributed by atoms with Crippen molar-refractivity contribution in [2.75, 3.05) is 19.8 Å². The fourth-order valence-electron chi connectivity index (χ4n) is 2.81. The number of carbonyl (C=O) groups is 1. The second kappa shape index (κ2) is 5.64. The van der Waals surface area contributed by atoms with Gasteiger partial charge in [0, 0.05) is 19.3 Å². The highest BCUT2D eigenvalue weighted by Gasteiger charge is 2.31. The maximum Gasteiger partial charge on any atom is 0.222 e. The van der Waals surface area contributed by atoms with E-state index in [9.17, 15) is 4.79 Å². The standard InChI is InChI=1S/C12H22N2O2/c13-12(15)10-2-1-3-11(10)14-8-9-4-6-16-7-5-9/h9-11,14H,1-8H2,(H2,13,15). The van der Waals surface area contributed by atoms with Crippen LogP contribution in [0.1, 0.15) is 32.1 Å². The highest BCUT2D eigenvalue weighted by atomic mass is 16.5. The highest BCUT2D eigenvalue weighted by molar-refractivity contribution is 5.77. The Kier molecular flexibility index (Phi) is 4.18. The summed E-state index contributed by atoms with van der Waals surface area (Å²) in [5.74, 6) is 0.629. The average molecular weight is 226 g/mol. The van der Waals surface area contributed by atoms with Gasteiger partial charge in [0.15, 0.2) is 0 Å². The summed E-state index contributed by atoms with van der Waals surface area (Å²) in [6.45, 7) is 2.78. The van der Waals surface area contributed by atoms with Crippen molar-refractivity contribution in [3.8, 4) is 0 Å². The first-order chi connectivity index (χ1) is 7.77. The van der Waals surface area contributed by atoms with Crippen LogP contribution in [-0.4, -0.2) is 31.7 Å². The Morgan fingerprint density at radius 3 is 2.69 bits per heavy atom. The minimum absolute atomic E-state index is 0.0554. The molecule has 0 aromatic heterocycles. The van der Waals surface area contributed by atoms with Gasteiger partial charge in [-0.15, -0.1) is 0 Å². The van der Waals surface area contributed by atoms with Crippen LogP contribution >= 0.6 is 0 Å². The van der Waals surface area contributed by atoms with Gasteiger partial charge >= 0.3 is 0 Å². The molecule has 1 aliphatic heterocycles. The molecule has 0 bridgehead atoms. The summed E-state index contributed by atoms with van der Waals surface area (Å²) in [4.78, 5) is 11.2. The van der Waals surface area contributed by atoms with Gasteiger partial charge in [-0.2, -0.15) is 0 Å². The van der Waals surface area contributed by atoms with Crippen molar-refractivity contribution in [3.05, 3.63) is 0 Å². The number of amides is 1. The molecule has 4 nitrogen and oxygen atoms in total. The number of ether oxygens (including phenoxy) is 1. The molecule has 0 radical (unpaired) electrons. The van der Waals surface area contributed by atoms with E-state index in [1.54, 1.807) is 0 Å². The molecule has 0 aromatic carbocycles. The van der Waals surface area contributed by atoms with Crippen LogP contribution < -0.4 is 11.1 Å². The molecule has 1 amide bonds. The molecule has 2 rings (SSSR count). The van der Waals surface area contributed by atoms with Crippen LogP contribution in [0.25, 0.3) is 0 Å². The van der Waals surface area contributed by atoms with Crippen LogP contribution in [0.4, 0.5) is 0 Å². The SMILES string of the molecule is NC(=O)C1CCCC1NCC1CCOCC1. The third-order valence-electron chi connectivity index (χ3n) is 3.89. The van der Waals surface area contributed by atoms with Crippen LogP contribution in [0.3, 0.4) is 0 Å². The maximum atomic E-state index is 11.2. The van der Waals surface area contributed by atoms with Crippen LogP contribution in [-0.2, 0) is 9.53 Å². The van der Waals surface area contributed by atoms with Crippen molar-refractivity contribution >= 4 is 5.91 Å². The average Bonchev–Trinajstić information content (AvgIpc) is 2.76. The quantitative estimate of drug-likeness (QED) is 0.740. The second-order valence-electron chi connectivity index (χ2n) is 5.01. The minimum Gasteiger partial charge on any atom is -0.381 e. The van der Waals surface area contributed by atoms with Crippen molar-refractivity contribution in [1.29, 1.82) is 0 Å². The summed E-state index contributed by atoms with van der Waals surface area (Å²) in [5.41, 5.74) is 5.40. The van der Waals surface area contributed by atoms with Gasteiger partial charge in [-0.1, -0.05) is 6.42 Å². The molecule has 1 heterocycles. The topological polar surface area (TPSA) is 64.4 Å². The molecular formula is C12H22N2O2. The summed E-state index contributed by atoms with van der Waals surface area (Å²) >= 11 is 0. The van der Waals surface area contributed by atoms with E-state index in [1.807, 2.05) is 0 Å². The van der Waals surface area contributed by atoms with Crippen LogP contribution in [0.15, 0.2) is 0 Å². The lowest BCUT2D eigenvalue weighted by Gasteiger charge is -2.25. The lowest BCUT2D eigenvalue weighted by atomic mass is 9.98. The van der Waals surface area contributed by atoms with Gasteiger partial charge in [-0.05, 0) is 38.1 Å². The van der Waals surface area contributed by atoms with E-state index >= 15 is 0 Å². The van der Waals surface area contributed by atoms with Gasteiger partial charge in [0.1, 0.15) is 0 Å². The van der Waals surface area contributed by atoms with E-state index in [4.69, 9.17) is 10.5 Å². The summed E-state index contributed by atoms with van der Waals surface area (Å²) < 4.78 is 5.33. The number of primary amides is 1. The number of rotatable bonds is 4. The number of hydrogen-bond donors (Lipinski definition) is 2. The number of hydrogen-bond acceptors (Lipinski definition) is 3. The molecule has 2 unspecified atom stereocenters. The minimum atomic E-state index is -0.137. The van der Waals surface area contributed by atoms with E-state index < -0.39 is 0 Å². The lowest BCUT2D eigenvalue weighted by Crippen LogP contribution is -2.42. The predicted octanol–water partition coefficient (Wildman–Crippen LogP) is 0.657. The number of nitrogens with one attached hydrogen (secondary N) is 1. The summed E-state index contributed by atoms with van der Waals surface area (Å²) in [7, 11) is 0. The van der Waals surface area contributed by atoms with Crippen LogP contribution in [0.5, 0.6) is 0 Å². The lowest BCUT2D eigenvalue weighted by molar-refractivity contribution is -0.122. The molecule has 0 spiro atoms. The summed E-state index contributed by atoms with van der Waals surface area (Å²) in [6.07, 6.45) is 5.46. The zero-order chi connectivity index (χ0) is 11.4. The normalized spacial score (nSPS) is 31.8. The van der Waals surface area contributed by atoms with Crippen LogP contribution in [0, 0.1) is 11.8 Å². The largest absolute Gasteiger partial charge is 0.381 e. The first kappa shape index (κ1) is 11.9. The summed E-state index contributed by atoms with van der Waals surface area (Å²) in [6, 6.07) is 0.320. The first-order valence-corrected chi connectivity index (χ1v) is 6.38. The zero-order valence-corrected chi connectivity index (χ0v) is 9.78. The molecule has 1 saturated heterocycles. The van der Waals surface area contributed by atoms with Gasteiger partial charge in [0.25, 0.3) is 0 Å². The first-order valence-electron chi connectivity index (χ1n) is 6.38. The van der Waals surface area contributed by atoms with Crippen molar-refractivity contribution in [1.82, 2.24) is 5.32 Å². The fourth-order valence-corrected chi connectivity index (χ4v) is 2.81. The molecule has 2 atom stereocenters. The molecule has 1 aliphatic carbocycles. The molecule has 3 N–H and O–H groups in total. The highest BCUT2D eigenvalue weighted by Crippen LogP contribution is 2.26. The zero-order valence-electron chi connectivity index (χ0n) is 9.78. The Labute approximate surface area is 96.9 Å². The smallest absolute Gasteiger partial charge is 0.222 e. The Morgan fingerprint density at radius 2 is 2.00 bits per heavy atom. The third-order valence-corrected chi connectivity index (χ3v) is 3.89. The van der Waals surface area contributed by atoms with Crippen molar-refractivity contribution < 1.29 is 9.53 Å². The molecule has 4 heteroatoms. The molecule has 92 valence electrons. The predicted molar refractivity (Wildman–Crippen MR) is 61.9 cm³/mol. The second-order valence-corrected chi connectivity index (χ2v) is 5.01. The maximum absolute atomic E-state index is 11.2. The monoisotopic (exact) mass is 226 g/mol. The van der Waals surface area contributed by atoms with E-state index in [1.165, 1.54) is 0 Å². The molecule has 2 fully saturated rings. The van der Waals surface area contributed by atoms with Gasteiger partial charge in [0.2, 0.25) is 5.91 Å². The van der Waals surface area contributed by atoms with E-state index in [0.717, 1.165) is 51.9 Å². The Morgan fingerprint density at radius 1 is 1.25 bits per heavy atom. The van der Waals surface area contributed by atoms with Crippen molar-refractivity contribution in [3.63, 3.8) is 0 Å². The van der Waals surface area contributed by atoms with Crippen molar-refractivity contribution in [2.45, 2.75) is 38.1 Å². The van der Waals surface area contributed by atoms with Gasteiger partial charge in [-0.3, -0.25) is 4.79 Å². The van der Waals surface area contributed by atoms with E-state index in [0.29, 0.717) is 12.0 Å². The Hall–Kier alpha value is -0.610. The molecular weight excluding hydrogens is 204 g/mol. The van der Waals surface area contributed by atoms with Gasteiger partial charge in [0.05, 0.1) is 5.92 Å². The van der Waals surface area contributed by atoms with Gasteiger partial charge in [-0.25, -0.2) is 0 Å². The molecule has 2 aliphatic rings. The van der Waals surface area contributed by atoms with Gasteiger partial charge < -0.3 is 15.8 Å². The summed E-state index contributed by atoms with van der Waals surface area (Å²) in [5, 5.41) is 3.53. The van der Waals surface area contributed by atoms with Crippen LogP contribution in [0.2, 0.25) is 0 Å². The van der Waals surface area contributed by atoms with E-state index in [-0.39, 0.29) is 11.8 Å². The van der Waals surface area contributed by atoms with Crippen molar-refractivity contribution in [2.24, 2.45) is 17.6 Å². The Balaban J connectivity index is 1.73. The number of carbonyl (C=O) groups excluding carboxylic acids is 1. The fraction of sp³-hybridized carbons (Fsp3) is 0.917.